The van der Waals surface area contributed by atoms with Gasteiger partial charge in [0.15, 0.2) is 11.6 Å². The van der Waals surface area contributed by atoms with Crippen LogP contribution < -0.4 is 4.74 Å². The predicted octanol–water partition coefficient (Wildman–Crippen LogP) is 4.65. The number of halogens is 1. The molecule has 0 aliphatic heterocycles. The van der Waals surface area contributed by atoms with E-state index in [-0.39, 0.29) is 30.0 Å². The van der Waals surface area contributed by atoms with Crippen LogP contribution in [0, 0.1) is 5.82 Å². The fraction of sp³-hybridized carbons (Fsp3) is 0.222. The number of para-hydroxylation sites is 1. The molecule has 0 fully saturated rings. The second-order valence-corrected chi connectivity index (χ2v) is 5.58. The molecule has 0 spiro atoms. The summed E-state index contributed by atoms with van der Waals surface area (Å²) < 4.78 is 21.3. The molecule has 0 bridgehead atoms. The summed E-state index contributed by atoms with van der Waals surface area (Å²) in [5.41, 5.74) is 1.95. The van der Waals surface area contributed by atoms with Crippen LogP contribution in [0.15, 0.2) is 48.7 Å². The third-order valence-electron chi connectivity index (χ3n) is 3.68. The van der Waals surface area contributed by atoms with E-state index < -0.39 is 0 Å². The van der Waals surface area contributed by atoms with Crippen molar-refractivity contribution in [3.05, 3.63) is 60.0 Å². The number of nitrogens with zero attached hydrogens (tertiary/aromatic N) is 1. The van der Waals surface area contributed by atoms with Crippen molar-refractivity contribution in [3.8, 4) is 11.5 Å². The molecular weight excluding hydrogens is 281 g/mol. The number of hydrogen-bond donors (Lipinski definition) is 1. The Morgan fingerprint density at radius 2 is 1.95 bits per heavy atom. The minimum atomic E-state index is -0.377. The molecule has 2 aromatic carbocycles. The van der Waals surface area contributed by atoms with Gasteiger partial charge in [0.25, 0.3) is 0 Å². The molecule has 0 amide bonds. The molecular formula is C18H18FNO2. The van der Waals surface area contributed by atoms with Gasteiger partial charge in [-0.1, -0.05) is 12.1 Å². The van der Waals surface area contributed by atoms with Crippen molar-refractivity contribution in [2.75, 3.05) is 0 Å². The molecule has 1 N–H and O–H groups in total. The molecule has 114 valence electrons. The molecule has 22 heavy (non-hydrogen) atoms. The van der Waals surface area contributed by atoms with Crippen LogP contribution in [0.25, 0.3) is 10.9 Å². The van der Waals surface area contributed by atoms with E-state index in [1.807, 2.05) is 12.3 Å². The molecule has 1 heterocycles. The number of rotatable bonds is 4. The first-order chi connectivity index (χ1) is 10.6. The number of aromatic nitrogens is 1. The van der Waals surface area contributed by atoms with Crippen molar-refractivity contribution in [2.45, 2.75) is 26.5 Å². The lowest BCUT2D eigenvalue weighted by Gasteiger charge is -2.08. The number of benzene rings is 2. The number of ether oxygens (including phenoxy) is 1. The zero-order valence-electron chi connectivity index (χ0n) is 12.6. The maximum absolute atomic E-state index is 13.6. The maximum atomic E-state index is 13.6. The van der Waals surface area contributed by atoms with Crippen molar-refractivity contribution in [2.24, 2.45) is 0 Å². The highest BCUT2D eigenvalue weighted by Crippen LogP contribution is 2.29. The van der Waals surface area contributed by atoms with Crippen LogP contribution in [-0.4, -0.2) is 9.67 Å². The lowest BCUT2D eigenvalue weighted by Crippen LogP contribution is -1.99. The number of hydrogen-bond acceptors (Lipinski definition) is 2. The third-order valence-corrected chi connectivity index (χ3v) is 3.68. The lowest BCUT2D eigenvalue weighted by molar-refractivity contribution is 0.291. The predicted molar refractivity (Wildman–Crippen MR) is 84.7 cm³/mol. The molecule has 3 rings (SSSR count). The van der Waals surface area contributed by atoms with Gasteiger partial charge in [-0.15, -0.1) is 0 Å². The summed E-state index contributed by atoms with van der Waals surface area (Å²) >= 11 is 0. The standard InChI is InChI=1S/C18H18FNO2/c1-12(2)20-10-13(15-9-14(21)7-8-17(15)20)11-22-18-6-4-3-5-16(18)19/h3-10,12,21H,11H2,1-2H3. The first kappa shape index (κ1) is 14.4. The van der Waals surface area contributed by atoms with E-state index in [0.29, 0.717) is 0 Å². The van der Waals surface area contributed by atoms with Crippen molar-refractivity contribution >= 4 is 10.9 Å². The molecule has 4 heteroatoms. The summed E-state index contributed by atoms with van der Waals surface area (Å²) in [6, 6.07) is 11.9. The summed E-state index contributed by atoms with van der Waals surface area (Å²) in [6.45, 7) is 4.43. The quantitative estimate of drug-likeness (QED) is 0.761. The van der Waals surface area contributed by atoms with Crippen molar-refractivity contribution < 1.29 is 14.2 Å². The van der Waals surface area contributed by atoms with Crippen LogP contribution >= 0.6 is 0 Å². The average Bonchev–Trinajstić information content (AvgIpc) is 2.84. The van der Waals surface area contributed by atoms with E-state index in [2.05, 4.69) is 18.4 Å². The fourth-order valence-electron chi connectivity index (χ4n) is 2.57. The van der Waals surface area contributed by atoms with E-state index in [9.17, 15) is 9.50 Å². The molecule has 0 aliphatic rings. The zero-order chi connectivity index (χ0) is 15.7. The van der Waals surface area contributed by atoms with Crippen LogP contribution in [0.5, 0.6) is 11.5 Å². The molecule has 3 nitrogen and oxygen atoms in total. The SMILES string of the molecule is CC(C)n1cc(COc2ccccc2F)c2cc(O)ccc21. The van der Waals surface area contributed by atoms with E-state index >= 15 is 0 Å². The van der Waals surface area contributed by atoms with Gasteiger partial charge < -0.3 is 14.4 Å². The van der Waals surface area contributed by atoms with Gasteiger partial charge >= 0.3 is 0 Å². The molecule has 0 unspecified atom stereocenters. The minimum Gasteiger partial charge on any atom is -0.508 e. The second-order valence-electron chi connectivity index (χ2n) is 5.58. The van der Waals surface area contributed by atoms with Crippen molar-refractivity contribution in [3.63, 3.8) is 0 Å². The fourth-order valence-corrected chi connectivity index (χ4v) is 2.57. The summed E-state index contributed by atoms with van der Waals surface area (Å²) in [5.74, 6) is 0.0622. The minimum absolute atomic E-state index is 0.209. The van der Waals surface area contributed by atoms with E-state index in [0.717, 1.165) is 16.5 Å². The summed E-state index contributed by atoms with van der Waals surface area (Å²) in [5, 5.41) is 10.6. The Hall–Kier alpha value is -2.49. The van der Waals surface area contributed by atoms with Gasteiger partial charge in [0, 0.05) is 28.7 Å². The van der Waals surface area contributed by atoms with Gasteiger partial charge in [0.1, 0.15) is 12.4 Å². The monoisotopic (exact) mass is 299 g/mol. The highest BCUT2D eigenvalue weighted by molar-refractivity contribution is 5.85. The van der Waals surface area contributed by atoms with Gasteiger partial charge in [-0.25, -0.2) is 4.39 Å². The van der Waals surface area contributed by atoms with Crippen LogP contribution in [0.1, 0.15) is 25.5 Å². The van der Waals surface area contributed by atoms with E-state index in [1.165, 1.54) is 6.07 Å². The first-order valence-corrected chi connectivity index (χ1v) is 7.26. The Kier molecular flexibility index (Phi) is 3.75. The second kappa shape index (κ2) is 5.72. The van der Waals surface area contributed by atoms with Crippen LogP contribution in [0.3, 0.4) is 0 Å². The van der Waals surface area contributed by atoms with Crippen LogP contribution in [-0.2, 0) is 6.61 Å². The van der Waals surface area contributed by atoms with Gasteiger partial charge in [-0.3, -0.25) is 0 Å². The number of phenols is 1. The number of fused-ring (bicyclic) bond motifs is 1. The first-order valence-electron chi connectivity index (χ1n) is 7.26. The van der Waals surface area contributed by atoms with Crippen LogP contribution in [0.2, 0.25) is 0 Å². The smallest absolute Gasteiger partial charge is 0.165 e. The number of phenolic OH excluding ortho intramolecular Hbond substituents is 1. The van der Waals surface area contributed by atoms with E-state index in [1.54, 1.807) is 30.3 Å². The number of aromatic hydroxyl groups is 1. The Balaban J connectivity index is 1.96. The molecule has 0 atom stereocenters. The third kappa shape index (κ3) is 2.64. The molecule has 0 radical (unpaired) electrons. The van der Waals surface area contributed by atoms with Crippen LogP contribution in [0.4, 0.5) is 4.39 Å². The van der Waals surface area contributed by atoms with Gasteiger partial charge in [-0.2, -0.15) is 0 Å². The lowest BCUT2D eigenvalue weighted by atomic mass is 10.2. The zero-order valence-corrected chi connectivity index (χ0v) is 12.6. The largest absolute Gasteiger partial charge is 0.508 e. The Labute approximate surface area is 128 Å². The van der Waals surface area contributed by atoms with Gasteiger partial charge in [0.05, 0.1) is 0 Å². The van der Waals surface area contributed by atoms with Crippen molar-refractivity contribution in [1.29, 1.82) is 0 Å². The molecule has 3 aromatic rings. The Bertz CT molecular complexity index is 808. The van der Waals surface area contributed by atoms with Gasteiger partial charge in [-0.05, 0) is 44.2 Å². The molecule has 1 aromatic heterocycles. The van der Waals surface area contributed by atoms with Gasteiger partial charge in [0.2, 0.25) is 0 Å². The molecule has 0 aliphatic carbocycles. The normalized spacial score (nSPS) is 11.3. The highest BCUT2D eigenvalue weighted by Gasteiger charge is 2.12. The maximum Gasteiger partial charge on any atom is 0.165 e. The average molecular weight is 299 g/mol. The Morgan fingerprint density at radius 3 is 2.68 bits per heavy atom. The summed E-state index contributed by atoms with van der Waals surface area (Å²) in [7, 11) is 0. The highest BCUT2D eigenvalue weighted by atomic mass is 19.1. The Morgan fingerprint density at radius 1 is 1.18 bits per heavy atom. The topological polar surface area (TPSA) is 34.4 Å². The van der Waals surface area contributed by atoms with E-state index in [4.69, 9.17) is 4.74 Å². The summed E-state index contributed by atoms with van der Waals surface area (Å²) in [6.07, 6.45) is 2.00. The van der Waals surface area contributed by atoms with Crippen molar-refractivity contribution in [1.82, 2.24) is 4.57 Å². The molecule has 0 saturated carbocycles. The molecule has 0 saturated heterocycles. The summed E-state index contributed by atoms with van der Waals surface area (Å²) in [4.78, 5) is 0.